The highest BCUT2D eigenvalue weighted by Gasteiger charge is 2.35. The SMILES string of the molecule is COc1cnc2cccc(CC[C@]3(O)CC[C@@H](C(=O)Nc4ccc5c(c4)NC(=O)CS5)CC3)c2c1. The van der Waals surface area contributed by atoms with E-state index in [1.807, 2.05) is 36.4 Å². The highest BCUT2D eigenvalue weighted by Crippen LogP contribution is 2.37. The predicted molar refractivity (Wildman–Crippen MR) is 138 cm³/mol. The van der Waals surface area contributed by atoms with Crippen molar-refractivity contribution in [3.05, 3.63) is 54.2 Å². The van der Waals surface area contributed by atoms with E-state index in [-0.39, 0.29) is 17.7 Å². The number of amides is 2. The summed E-state index contributed by atoms with van der Waals surface area (Å²) in [6.45, 7) is 0. The number of carbonyl (C=O) groups is 2. The Labute approximate surface area is 208 Å². The molecule has 1 aliphatic carbocycles. The number of nitrogens with one attached hydrogen (secondary N) is 2. The Morgan fingerprint density at radius 1 is 1.26 bits per heavy atom. The maximum absolute atomic E-state index is 12.9. The number of aryl methyl sites for hydroxylation is 1. The molecular formula is C27H29N3O4S. The molecule has 3 aromatic rings. The summed E-state index contributed by atoms with van der Waals surface area (Å²) in [7, 11) is 1.63. The summed E-state index contributed by atoms with van der Waals surface area (Å²) in [6, 6.07) is 13.6. The van der Waals surface area contributed by atoms with E-state index in [0.717, 1.165) is 39.2 Å². The van der Waals surface area contributed by atoms with Crippen LogP contribution in [-0.4, -0.2) is 40.4 Å². The molecule has 0 saturated heterocycles. The van der Waals surface area contributed by atoms with Gasteiger partial charge in [-0.1, -0.05) is 12.1 Å². The van der Waals surface area contributed by atoms with Crippen LogP contribution in [-0.2, 0) is 16.0 Å². The van der Waals surface area contributed by atoms with Crippen molar-refractivity contribution in [3.8, 4) is 5.75 Å². The third-order valence-corrected chi connectivity index (χ3v) is 8.13. The zero-order chi connectivity index (χ0) is 24.4. The molecule has 2 amide bonds. The molecule has 2 heterocycles. The van der Waals surface area contributed by atoms with E-state index >= 15 is 0 Å². The Balaban J connectivity index is 1.18. The molecular weight excluding hydrogens is 462 g/mol. The Hall–Kier alpha value is -3.10. The Morgan fingerprint density at radius 3 is 2.89 bits per heavy atom. The average Bonchev–Trinajstić information content (AvgIpc) is 2.87. The van der Waals surface area contributed by atoms with Gasteiger partial charge in [-0.05, 0) is 74.4 Å². The molecule has 2 aromatic carbocycles. The molecule has 0 spiro atoms. The van der Waals surface area contributed by atoms with Gasteiger partial charge in [0.15, 0.2) is 0 Å². The number of ether oxygens (including phenoxy) is 1. The van der Waals surface area contributed by atoms with Crippen LogP contribution in [0.3, 0.4) is 0 Å². The highest BCUT2D eigenvalue weighted by atomic mass is 32.2. The molecule has 0 bridgehead atoms. The summed E-state index contributed by atoms with van der Waals surface area (Å²) in [6.07, 6.45) is 5.56. The summed E-state index contributed by atoms with van der Waals surface area (Å²) in [5.74, 6) is 0.928. The van der Waals surface area contributed by atoms with E-state index in [2.05, 4.69) is 21.7 Å². The van der Waals surface area contributed by atoms with Crippen LogP contribution in [0.4, 0.5) is 11.4 Å². The molecule has 0 unspecified atom stereocenters. The minimum absolute atomic E-state index is 0.0311. The number of methoxy groups -OCH3 is 1. The fraction of sp³-hybridized carbons (Fsp3) is 0.370. The monoisotopic (exact) mass is 491 g/mol. The third kappa shape index (κ3) is 5.28. The Bertz CT molecular complexity index is 1270. The standard InChI is InChI=1S/C27H29N3O4S/c1-34-20-14-21-17(3-2-4-22(21)28-15-20)7-10-27(33)11-8-18(9-12-27)26(32)29-19-5-6-24-23(13-19)30-25(31)16-35-24/h2-6,13-15,18,33H,7-12,16H2,1H3,(H,29,32)(H,30,31)/t18-,27+. The lowest BCUT2D eigenvalue weighted by molar-refractivity contribution is -0.122. The molecule has 5 rings (SSSR count). The van der Waals surface area contributed by atoms with Gasteiger partial charge in [0.1, 0.15) is 5.75 Å². The largest absolute Gasteiger partial charge is 0.495 e. The van der Waals surface area contributed by atoms with Crippen molar-refractivity contribution >= 4 is 45.9 Å². The number of benzene rings is 2. The smallest absolute Gasteiger partial charge is 0.234 e. The van der Waals surface area contributed by atoms with Crippen LogP contribution < -0.4 is 15.4 Å². The van der Waals surface area contributed by atoms with Crippen molar-refractivity contribution in [2.24, 2.45) is 5.92 Å². The number of hydrogen-bond acceptors (Lipinski definition) is 6. The van der Waals surface area contributed by atoms with Gasteiger partial charge in [0, 0.05) is 21.9 Å². The van der Waals surface area contributed by atoms with E-state index < -0.39 is 5.60 Å². The van der Waals surface area contributed by atoms with Crippen LogP contribution in [0.2, 0.25) is 0 Å². The second kappa shape index (κ2) is 9.87. The van der Waals surface area contributed by atoms with Gasteiger partial charge < -0.3 is 20.5 Å². The number of rotatable bonds is 6. The van der Waals surface area contributed by atoms with Gasteiger partial charge >= 0.3 is 0 Å². The lowest BCUT2D eigenvalue weighted by atomic mass is 9.75. The van der Waals surface area contributed by atoms with Gasteiger partial charge in [0.05, 0.1) is 35.9 Å². The number of hydrogen-bond donors (Lipinski definition) is 3. The second-order valence-corrected chi connectivity index (χ2v) is 10.4. The third-order valence-electron chi connectivity index (χ3n) is 7.05. The molecule has 0 radical (unpaired) electrons. The maximum atomic E-state index is 12.9. The van der Waals surface area contributed by atoms with Crippen LogP contribution in [0.5, 0.6) is 5.75 Å². The van der Waals surface area contributed by atoms with Crippen molar-refractivity contribution in [1.82, 2.24) is 4.98 Å². The fourth-order valence-electron chi connectivity index (χ4n) is 4.96. The zero-order valence-corrected chi connectivity index (χ0v) is 20.5. The van der Waals surface area contributed by atoms with Crippen molar-refractivity contribution in [2.45, 2.75) is 49.0 Å². The fourth-order valence-corrected chi connectivity index (χ4v) is 5.75. The maximum Gasteiger partial charge on any atom is 0.234 e. The van der Waals surface area contributed by atoms with Gasteiger partial charge in [-0.25, -0.2) is 0 Å². The molecule has 1 saturated carbocycles. The number of aromatic nitrogens is 1. The van der Waals surface area contributed by atoms with Crippen LogP contribution in [0.1, 0.15) is 37.7 Å². The number of nitrogens with zero attached hydrogens (tertiary/aromatic N) is 1. The number of aliphatic hydroxyl groups is 1. The molecule has 1 fully saturated rings. The minimum atomic E-state index is -0.779. The van der Waals surface area contributed by atoms with Crippen LogP contribution >= 0.6 is 11.8 Å². The molecule has 8 heteroatoms. The summed E-state index contributed by atoms with van der Waals surface area (Å²) in [5, 5.41) is 18.1. The number of fused-ring (bicyclic) bond motifs is 2. The van der Waals surface area contributed by atoms with Gasteiger partial charge in [-0.2, -0.15) is 0 Å². The van der Waals surface area contributed by atoms with Gasteiger partial charge in [0.25, 0.3) is 0 Å². The first-order chi connectivity index (χ1) is 16.9. The van der Waals surface area contributed by atoms with Crippen LogP contribution in [0.25, 0.3) is 10.9 Å². The molecule has 7 nitrogen and oxygen atoms in total. The Morgan fingerprint density at radius 2 is 2.09 bits per heavy atom. The first-order valence-corrected chi connectivity index (χ1v) is 12.9. The van der Waals surface area contributed by atoms with Crippen molar-refractivity contribution < 1.29 is 19.4 Å². The summed E-state index contributed by atoms with van der Waals surface area (Å²) >= 11 is 1.50. The van der Waals surface area contributed by atoms with Crippen LogP contribution in [0.15, 0.2) is 53.6 Å². The van der Waals surface area contributed by atoms with E-state index in [4.69, 9.17) is 4.74 Å². The minimum Gasteiger partial charge on any atom is -0.495 e. The molecule has 3 N–H and O–H groups in total. The summed E-state index contributed by atoms with van der Waals surface area (Å²) < 4.78 is 5.33. The zero-order valence-electron chi connectivity index (χ0n) is 19.7. The number of pyridine rings is 1. The molecule has 1 aliphatic heterocycles. The summed E-state index contributed by atoms with van der Waals surface area (Å²) in [5.41, 5.74) is 2.69. The normalized spacial score (nSPS) is 21.8. The molecule has 0 atom stereocenters. The van der Waals surface area contributed by atoms with Crippen molar-refractivity contribution in [3.63, 3.8) is 0 Å². The average molecular weight is 492 g/mol. The Kier molecular flexibility index (Phi) is 6.67. The predicted octanol–water partition coefficient (Wildman–Crippen LogP) is 4.78. The number of thioether (sulfide) groups is 1. The molecule has 35 heavy (non-hydrogen) atoms. The number of anilines is 2. The van der Waals surface area contributed by atoms with Gasteiger partial charge in [0.2, 0.25) is 11.8 Å². The number of carbonyl (C=O) groups excluding carboxylic acids is 2. The van der Waals surface area contributed by atoms with E-state index in [1.54, 1.807) is 13.3 Å². The van der Waals surface area contributed by atoms with E-state index in [9.17, 15) is 14.7 Å². The summed E-state index contributed by atoms with van der Waals surface area (Å²) in [4.78, 5) is 30.0. The van der Waals surface area contributed by atoms with E-state index in [0.29, 0.717) is 43.5 Å². The van der Waals surface area contributed by atoms with Crippen molar-refractivity contribution in [2.75, 3.05) is 23.5 Å². The molecule has 182 valence electrons. The van der Waals surface area contributed by atoms with E-state index in [1.165, 1.54) is 11.8 Å². The van der Waals surface area contributed by atoms with Crippen molar-refractivity contribution in [1.29, 1.82) is 0 Å². The lowest BCUT2D eigenvalue weighted by Gasteiger charge is -2.35. The molecule has 2 aliphatic rings. The van der Waals surface area contributed by atoms with Gasteiger partial charge in [-0.3, -0.25) is 14.6 Å². The van der Waals surface area contributed by atoms with Crippen LogP contribution in [0, 0.1) is 5.92 Å². The first kappa shape index (κ1) is 23.6. The second-order valence-electron chi connectivity index (χ2n) is 9.39. The highest BCUT2D eigenvalue weighted by molar-refractivity contribution is 8.00. The topological polar surface area (TPSA) is 101 Å². The first-order valence-electron chi connectivity index (χ1n) is 11.9. The molecule has 1 aromatic heterocycles. The van der Waals surface area contributed by atoms with Gasteiger partial charge in [-0.15, -0.1) is 11.8 Å². The lowest BCUT2D eigenvalue weighted by Crippen LogP contribution is -2.38. The quantitative estimate of drug-likeness (QED) is 0.459.